The zero-order valence-electron chi connectivity index (χ0n) is 17.6. The average Bonchev–Trinajstić information content (AvgIpc) is 3.09. The molecule has 0 atom stereocenters. The van der Waals surface area contributed by atoms with Crippen LogP contribution in [-0.2, 0) is 16.6 Å². The summed E-state index contributed by atoms with van der Waals surface area (Å²) in [5.74, 6) is 0.477. The molecule has 0 bridgehead atoms. The van der Waals surface area contributed by atoms with E-state index >= 15 is 0 Å². The van der Waals surface area contributed by atoms with E-state index in [4.69, 9.17) is 9.15 Å². The lowest BCUT2D eigenvalue weighted by molar-refractivity contribution is 0.0924. The Morgan fingerprint density at radius 1 is 1.13 bits per heavy atom. The van der Waals surface area contributed by atoms with Crippen molar-refractivity contribution in [2.75, 3.05) is 20.2 Å². The first kappa shape index (κ1) is 21.9. The molecule has 1 N–H and O–H groups in total. The lowest BCUT2D eigenvalue weighted by Gasteiger charge is -2.18. The third-order valence-electron chi connectivity index (χ3n) is 5.09. The molecule has 160 valence electrons. The second-order valence-electron chi connectivity index (χ2n) is 6.80. The predicted octanol–water partition coefficient (Wildman–Crippen LogP) is 3.71. The Labute approximate surface area is 176 Å². The number of amides is 1. The van der Waals surface area contributed by atoms with Crippen LogP contribution in [0.15, 0.2) is 51.8 Å². The fraction of sp³-hybridized carbons (Fsp3) is 0.318. The van der Waals surface area contributed by atoms with Gasteiger partial charge in [-0.1, -0.05) is 32.0 Å². The standard InChI is InChI=1S/C22H26N2O5S/c1-5-24(6-2)30(26,27)17-11-12-20-18(13-17)15(3)21(29-20)22(25)23-14-16-9-7-8-10-19(16)28-4/h7-13H,5-6,14H2,1-4H3,(H,23,25). The summed E-state index contributed by atoms with van der Waals surface area (Å²) in [6.45, 7) is 6.40. The minimum absolute atomic E-state index is 0.164. The maximum absolute atomic E-state index is 12.8. The fourth-order valence-corrected chi connectivity index (χ4v) is 4.88. The third kappa shape index (κ3) is 4.06. The van der Waals surface area contributed by atoms with Crippen molar-refractivity contribution < 1.29 is 22.4 Å². The van der Waals surface area contributed by atoms with Gasteiger partial charge in [0.05, 0.1) is 12.0 Å². The van der Waals surface area contributed by atoms with E-state index < -0.39 is 10.0 Å². The summed E-state index contributed by atoms with van der Waals surface area (Å²) < 4.78 is 38.1. The zero-order valence-corrected chi connectivity index (χ0v) is 18.4. The van der Waals surface area contributed by atoms with Gasteiger partial charge in [0.1, 0.15) is 11.3 Å². The van der Waals surface area contributed by atoms with Gasteiger partial charge in [0, 0.05) is 36.1 Å². The van der Waals surface area contributed by atoms with Crippen LogP contribution >= 0.6 is 0 Å². The van der Waals surface area contributed by atoms with Gasteiger partial charge in [-0.25, -0.2) is 8.42 Å². The van der Waals surface area contributed by atoms with Gasteiger partial charge in [0.15, 0.2) is 5.76 Å². The molecule has 3 aromatic rings. The number of fused-ring (bicyclic) bond motifs is 1. The molecule has 0 saturated heterocycles. The van der Waals surface area contributed by atoms with Crippen molar-refractivity contribution in [3.63, 3.8) is 0 Å². The molecular formula is C22H26N2O5S. The third-order valence-corrected chi connectivity index (χ3v) is 7.13. The molecule has 0 aliphatic carbocycles. The zero-order chi connectivity index (χ0) is 21.9. The monoisotopic (exact) mass is 430 g/mol. The van der Waals surface area contributed by atoms with Crippen molar-refractivity contribution in [1.82, 2.24) is 9.62 Å². The summed E-state index contributed by atoms with van der Waals surface area (Å²) in [5.41, 5.74) is 1.90. The minimum Gasteiger partial charge on any atom is -0.496 e. The highest BCUT2D eigenvalue weighted by molar-refractivity contribution is 7.89. The van der Waals surface area contributed by atoms with Gasteiger partial charge in [-0.05, 0) is 31.2 Å². The van der Waals surface area contributed by atoms with Crippen molar-refractivity contribution in [3.05, 3.63) is 59.4 Å². The van der Waals surface area contributed by atoms with E-state index in [0.29, 0.717) is 35.4 Å². The number of nitrogens with one attached hydrogen (secondary N) is 1. The number of carbonyl (C=O) groups excluding carboxylic acids is 1. The molecule has 0 unspecified atom stereocenters. The number of hydrogen-bond acceptors (Lipinski definition) is 5. The number of benzene rings is 2. The number of carbonyl (C=O) groups is 1. The highest BCUT2D eigenvalue weighted by atomic mass is 32.2. The first-order chi connectivity index (χ1) is 14.3. The Bertz CT molecular complexity index is 1160. The molecule has 0 aliphatic heterocycles. The van der Waals surface area contributed by atoms with Gasteiger partial charge in [0.25, 0.3) is 5.91 Å². The molecule has 0 radical (unpaired) electrons. The normalized spacial score (nSPS) is 11.8. The van der Waals surface area contributed by atoms with Crippen LogP contribution in [-0.4, -0.2) is 38.8 Å². The Hall–Kier alpha value is -2.84. The smallest absolute Gasteiger partial charge is 0.287 e. The lowest BCUT2D eigenvalue weighted by atomic mass is 10.1. The van der Waals surface area contributed by atoms with Gasteiger partial charge >= 0.3 is 0 Å². The molecule has 1 heterocycles. The van der Waals surface area contributed by atoms with Crippen molar-refractivity contribution in [1.29, 1.82) is 0 Å². The Morgan fingerprint density at radius 2 is 1.83 bits per heavy atom. The number of rotatable bonds is 8. The van der Waals surface area contributed by atoms with Crippen LogP contribution in [0.2, 0.25) is 0 Å². The number of furan rings is 1. The van der Waals surface area contributed by atoms with Gasteiger partial charge in [0.2, 0.25) is 10.0 Å². The van der Waals surface area contributed by atoms with Crippen LogP contribution in [0, 0.1) is 6.92 Å². The fourth-order valence-electron chi connectivity index (χ4n) is 3.39. The lowest BCUT2D eigenvalue weighted by Crippen LogP contribution is -2.30. The highest BCUT2D eigenvalue weighted by Crippen LogP contribution is 2.29. The maximum Gasteiger partial charge on any atom is 0.287 e. The molecule has 3 rings (SSSR count). The van der Waals surface area contributed by atoms with Gasteiger partial charge in [-0.15, -0.1) is 0 Å². The Kier molecular flexibility index (Phi) is 6.48. The molecule has 0 aliphatic rings. The van der Waals surface area contributed by atoms with Gasteiger partial charge < -0.3 is 14.5 Å². The molecule has 8 heteroatoms. The summed E-state index contributed by atoms with van der Waals surface area (Å²) in [4.78, 5) is 12.9. The topological polar surface area (TPSA) is 88.9 Å². The average molecular weight is 431 g/mol. The van der Waals surface area contributed by atoms with Crippen LogP contribution < -0.4 is 10.1 Å². The summed E-state index contributed by atoms with van der Waals surface area (Å²) in [7, 11) is -2.02. The predicted molar refractivity (Wildman–Crippen MR) is 115 cm³/mol. The second kappa shape index (κ2) is 8.89. The summed E-state index contributed by atoms with van der Waals surface area (Å²) >= 11 is 0. The van der Waals surface area contributed by atoms with Crippen molar-refractivity contribution in [2.24, 2.45) is 0 Å². The van der Waals surface area contributed by atoms with Crippen molar-refractivity contribution in [3.8, 4) is 5.75 Å². The first-order valence-corrected chi connectivity index (χ1v) is 11.2. The van der Waals surface area contributed by atoms with Gasteiger partial charge in [-0.2, -0.15) is 4.31 Å². The van der Waals surface area contributed by atoms with E-state index in [1.807, 2.05) is 24.3 Å². The van der Waals surface area contributed by atoms with E-state index in [1.165, 1.54) is 10.4 Å². The molecule has 1 aromatic heterocycles. The Morgan fingerprint density at radius 3 is 2.50 bits per heavy atom. The van der Waals surface area contributed by atoms with Crippen LogP contribution in [0.1, 0.15) is 35.5 Å². The minimum atomic E-state index is -3.60. The molecule has 0 spiro atoms. The van der Waals surface area contributed by atoms with Crippen LogP contribution in [0.25, 0.3) is 11.0 Å². The SMILES string of the molecule is CCN(CC)S(=O)(=O)c1ccc2oc(C(=O)NCc3ccccc3OC)c(C)c2c1. The molecule has 7 nitrogen and oxygen atoms in total. The molecule has 1 amide bonds. The first-order valence-electron chi connectivity index (χ1n) is 9.76. The van der Waals surface area contributed by atoms with Crippen LogP contribution in [0.5, 0.6) is 5.75 Å². The Balaban J connectivity index is 1.89. The maximum atomic E-state index is 12.8. The highest BCUT2D eigenvalue weighted by Gasteiger charge is 2.24. The van der Waals surface area contributed by atoms with Gasteiger partial charge in [-0.3, -0.25) is 4.79 Å². The number of hydrogen-bond donors (Lipinski definition) is 1. The number of ether oxygens (including phenoxy) is 1. The van der Waals surface area contributed by atoms with Crippen LogP contribution in [0.3, 0.4) is 0 Å². The molecular weight excluding hydrogens is 404 g/mol. The van der Waals surface area contributed by atoms with Crippen molar-refractivity contribution >= 4 is 26.9 Å². The molecule has 2 aromatic carbocycles. The number of sulfonamides is 1. The second-order valence-corrected chi connectivity index (χ2v) is 8.74. The number of nitrogens with zero attached hydrogens (tertiary/aromatic N) is 1. The largest absolute Gasteiger partial charge is 0.496 e. The molecule has 0 saturated carbocycles. The summed E-state index contributed by atoms with van der Waals surface area (Å²) in [6.07, 6.45) is 0. The van der Waals surface area contributed by atoms with E-state index in [9.17, 15) is 13.2 Å². The number of para-hydroxylation sites is 1. The van der Waals surface area contributed by atoms with E-state index in [0.717, 1.165) is 5.56 Å². The molecule has 0 fully saturated rings. The van der Waals surface area contributed by atoms with Crippen LogP contribution in [0.4, 0.5) is 0 Å². The molecule has 30 heavy (non-hydrogen) atoms. The quantitative estimate of drug-likeness (QED) is 0.588. The number of methoxy groups -OCH3 is 1. The van der Waals surface area contributed by atoms with E-state index in [2.05, 4.69) is 5.32 Å². The van der Waals surface area contributed by atoms with E-state index in [1.54, 1.807) is 40.0 Å². The van der Waals surface area contributed by atoms with Crippen molar-refractivity contribution in [2.45, 2.75) is 32.2 Å². The number of aryl methyl sites for hydroxylation is 1. The summed E-state index contributed by atoms with van der Waals surface area (Å²) in [5, 5.41) is 3.44. The summed E-state index contributed by atoms with van der Waals surface area (Å²) in [6, 6.07) is 12.1. The van der Waals surface area contributed by atoms with E-state index in [-0.39, 0.29) is 23.1 Å².